The van der Waals surface area contributed by atoms with Gasteiger partial charge >= 0.3 is 18.3 Å². The molecule has 0 aromatic heterocycles. The third kappa shape index (κ3) is 6.32. The Morgan fingerprint density at radius 3 is 1.40 bits per heavy atom. The van der Waals surface area contributed by atoms with Crippen LogP contribution in [0.4, 0.5) is 26.3 Å². The fraction of sp³-hybridized carbons (Fsp3) is 0.974. The van der Waals surface area contributed by atoms with Crippen LogP contribution in [0.5, 0.6) is 0 Å². The van der Waals surface area contributed by atoms with E-state index in [0.717, 1.165) is 4.90 Å². The lowest BCUT2D eigenvalue weighted by Gasteiger charge is -2.63. The third-order valence-corrected chi connectivity index (χ3v) is 15.1. The van der Waals surface area contributed by atoms with E-state index in [4.69, 9.17) is 48.0 Å². The molecule has 0 aromatic carbocycles. The lowest BCUT2D eigenvalue weighted by atomic mass is 9.57. The Morgan fingerprint density at radius 2 is 1.04 bits per heavy atom. The van der Waals surface area contributed by atoms with Gasteiger partial charge in [-0.3, -0.25) is 9.69 Å². The fourth-order valence-corrected chi connectivity index (χ4v) is 12.1. The maximum absolute atomic E-state index is 15.4. The van der Waals surface area contributed by atoms with Gasteiger partial charge in [0.2, 0.25) is 11.6 Å². The van der Waals surface area contributed by atoms with Crippen molar-refractivity contribution in [3.05, 3.63) is 0 Å². The molecule has 57 heavy (non-hydrogen) atoms. The van der Waals surface area contributed by atoms with Gasteiger partial charge in [0.1, 0.15) is 0 Å². The van der Waals surface area contributed by atoms with Crippen molar-refractivity contribution >= 4 is 5.97 Å². The number of nitrogens with zero attached hydrogens (tertiary/aromatic N) is 1. The summed E-state index contributed by atoms with van der Waals surface area (Å²) < 4.78 is 128. The first kappa shape index (κ1) is 42.3. The number of carbonyl (C=O) groups is 1. The topological polar surface area (TPSA) is 133 Å². The Morgan fingerprint density at radius 1 is 0.632 bits per heavy atom. The molecule has 13 nitrogen and oxygen atoms in total. The summed E-state index contributed by atoms with van der Waals surface area (Å²) in [4.78, 5) is 36.5. The van der Waals surface area contributed by atoms with Gasteiger partial charge in [0.05, 0.1) is 19.8 Å². The van der Waals surface area contributed by atoms with E-state index in [2.05, 4.69) is 0 Å². The number of alkyl halides is 6. The minimum atomic E-state index is -5.07. The van der Waals surface area contributed by atoms with Crippen molar-refractivity contribution in [2.45, 2.75) is 152 Å². The third-order valence-electron chi connectivity index (χ3n) is 15.1. The van der Waals surface area contributed by atoms with Crippen molar-refractivity contribution in [2.75, 3.05) is 32.8 Å². The summed E-state index contributed by atoms with van der Waals surface area (Å²) in [7, 11) is 0. The average molecular weight is 832 g/mol. The minimum absolute atomic E-state index is 0.0987. The molecule has 19 heteroatoms. The number of aliphatic carboxylic acids is 1. The number of carboxylic acid groups (broad SMARTS) is 1. The number of hydrogen-bond donors (Lipinski definition) is 1. The van der Waals surface area contributed by atoms with E-state index in [0.29, 0.717) is 51.4 Å². The second kappa shape index (κ2) is 14.1. The molecule has 8 saturated heterocycles. The predicted octanol–water partition coefficient (Wildman–Crippen LogP) is 6.69. The number of rotatable bonds is 10. The van der Waals surface area contributed by atoms with Gasteiger partial charge in [0.25, 0.3) is 11.6 Å². The van der Waals surface area contributed by atoms with E-state index in [1.807, 2.05) is 13.8 Å². The summed E-state index contributed by atoms with van der Waals surface area (Å²) in [5.74, 6) is -14.7. The maximum atomic E-state index is 15.4. The zero-order valence-corrected chi connectivity index (χ0v) is 33.1. The largest absolute Gasteiger partial charge is 0.480 e. The zero-order chi connectivity index (χ0) is 41.2. The van der Waals surface area contributed by atoms with Gasteiger partial charge in [-0.05, 0) is 76.0 Å². The number of carboxylic acids is 1. The molecule has 1 N–H and O–H groups in total. The van der Waals surface area contributed by atoms with Crippen molar-refractivity contribution in [1.29, 1.82) is 0 Å². The summed E-state index contributed by atoms with van der Waals surface area (Å²) in [6.07, 6.45) is -9.14. The summed E-state index contributed by atoms with van der Waals surface area (Å²) >= 11 is 0. The number of hydrogen-bond acceptors (Lipinski definition) is 12. The van der Waals surface area contributed by atoms with Crippen LogP contribution in [0.2, 0.25) is 0 Å². The first-order chi connectivity index (χ1) is 26.6. The minimum Gasteiger partial charge on any atom is -0.480 e. The molecule has 2 spiro atoms. The van der Waals surface area contributed by atoms with Crippen LogP contribution in [0.25, 0.3) is 0 Å². The van der Waals surface area contributed by atoms with Gasteiger partial charge < -0.3 is 33.5 Å². The van der Waals surface area contributed by atoms with Gasteiger partial charge in [0, 0.05) is 49.6 Å². The monoisotopic (exact) mass is 831 g/mol. The van der Waals surface area contributed by atoms with Gasteiger partial charge in [-0.15, -0.1) is 0 Å². The Bertz CT molecular complexity index is 1440. The van der Waals surface area contributed by atoms with Crippen molar-refractivity contribution < 1.29 is 84.2 Å². The van der Waals surface area contributed by atoms with E-state index in [9.17, 15) is 9.90 Å². The smallest absolute Gasteiger partial charge is 0.443 e. The van der Waals surface area contributed by atoms with E-state index >= 15 is 26.3 Å². The highest BCUT2D eigenvalue weighted by Crippen LogP contribution is 2.66. The van der Waals surface area contributed by atoms with Crippen LogP contribution in [-0.2, 0) is 52.8 Å². The van der Waals surface area contributed by atoms with Crippen LogP contribution >= 0.6 is 0 Å². The Labute approximate surface area is 327 Å². The average Bonchev–Trinajstić information content (AvgIpc) is 3.49. The summed E-state index contributed by atoms with van der Waals surface area (Å²) in [6.45, 7) is 7.08. The van der Waals surface area contributed by atoms with Crippen molar-refractivity contribution in [1.82, 2.24) is 4.90 Å². The first-order valence-corrected chi connectivity index (χ1v) is 20.4. The van der Waals surface area contributed by atoms with Crippen LogP contribution in [-0.4, -0.2) is 108 Å². The number of ether oxygens (including phenoxy) is 6. The van der Waals surface area contributed by atoms with Crippen LogP contribution < -0.4 is 0 Å². The Kier molecular flexibility index (Phi) is 10.4. The summed E-state index contributed by atoms with van der Waals surface area (Å²) in [6, 6.07) is 0. The van der Waals surface area contributed by atoms with Crippen molar-refractivity contribution in [3.63, 3.8) is 0 Å². The standard InChI is InChI=1S/C38H55F6NO12/c1-20-7-9-26-22(3)35(37(39,40)41,52-29-33(26)24(20)11-13-31(5,50-29)54-56-33)48-17-15-45(19-28(46)47)16-18-49-36(38(42,43)44)23(4)27-10-8-21(2)25-12-14-32(6)51-30(53-36)34(25,27)57-55-32/h20-27,29-30H,7-19H2,1-6H3,(H,46,47)/t20-,21-,22-,23-,24+,25+,26+,27+,29?,30?,31+,32+,33-,34-,35-,36-/m1/s1. The molecule has 10 aliphatic rings. The van der Waals surface area contributed by atoms with Crippen molar-refractivity contribution in [3.8, 4) is 0 Å². The molecule has 2 saturated carbocycles. The second-order valence-electron chi connectivity index (χ2n) is 18.3. The lowest BCUT2D eigenvalue weighted by molar-refractivity contribution is -0.599. The molecule has 326 valence electrons. The zero-order valence-electron chi connectivity index (χ0n) is 33.1. The highest BCUT2D eigenvalue weighted by Gasteiger charge is 2.79. The van der Waals surface area contributed by atoms with E-state index in [-0.39, 0.29) is 23.7 Å². The molecule has 0 aromatic rings. The summed E-state index contributed by atoms with van der Waals surface area (Å²) in [5, 5.41) is 9.73. The molecular weight excluding hydrogens is 776 g/mol. The van der Waals surface area contributed by atoms with Gasteiger partial charge in [-0.2, -0.15) is 26.3 Å². The molecule has 2 unspecified atom stereocenters. The van der Waals surface area contributed by atoms with Crippen LogP contribution in [0.1, 0.15) is 92.9 Å². The highest BCUT2D eigenvalue weighted by molar-refractivity contribution is 5.69. The molecule has 10 rings (SSSR count). The molecule has 0 amide bonds. The Balaban J connectivity index is 0.998. The van der Waals surface area contributed by atoms with E-state index in [1.165, 1.54) is 13.8 Å². The molecule has 10 fully saturated rings. The molecule has 0 radical (unpaired) electrons. The quantitative estimate of drug-likeness (QED) is 0.186. The highest BCUT2D eigenvalue weighted by atomic mass is 19.4. The lowest BCUT2D eigenvalue weighted by Crippen LogP contribution is -2.76. The normalized spacial score (nSPS) is 50.5. The van der Waals surface area contributed by atoms with Gasteiger partial charge in [-0.1, -0.05) is 27.7 Å². The second-order valence-corrected chi connectivity index (χ2v) is 18.3. The van der Waals surface area contributed by atoms with Gasteiger partial charge in [-0.25, -0.2) is 19.6 Å². The molecule has 2 aliphatic carbocycles. The first-order valence-electron chi connectivity index (χ1n) is 20.4. The maximum Gasteiger partial charge on any atom is 0.443 e. The number of halogens is 6. The molecule has 16 atom stereocenters. The van der Waals surface area contributed by atoms with E-state index in [1.54, 1.807) is 13.8 Å². The molecule has 8 aliphatic heterocycles. The van der Waals surface area contributed by atoms with E-state index < -0.39 is 122 Å². The SMILES string of the molecule is C[C@@H]1CC[C@H]2[C@@H](C)[C@](OCCN(CCO[C@@]3(C(F)(F)F)OC4O[C@]5(C)CC[C@H]6[C@H](C)CC[C@@H]([C@H]3C)[C@@]46OO5)CC(=O)O)(C(F)(F)F)OC3O[C@]4(C)CC[C@@H]1[C@]32OO4. The molecule has 8 heterocycles. The molecular formula is C38H55F6NO12. The predicted molar refractivity (Wildman–Crippen MR) is 180 cm³/mol. The Hall–Kier alpha value is -1.39. The summed E-state index contributed by atoms with van der Waals surface area (Å²) in [5.41, 5.74) is -2.61. The van der Waals surface area contributed by atoms with Gasteiger partial charge in [0.15, 0.2) is 23.8 Å². The number of fused-ring (bicyclic) bond motifs is 4. The van der Waals surface area contributed by atoms with Crippen LogP contribution in [0.15, 0.2) is 0 Å². The van der Waals surface area contributed by atoms with Crippen LogP contribution in [0.3, 0.4) is 0 Å². The molecule has 4 bridgehead atoms. The van der Waals surface area contributed by atoms with Crippen molar-refractivity contribution in [2.24, 2.45) is 47.3 Å². The van der Waals surface area contributed by atoms with Crippen LogP contribution in [0, 0.1) is 47.3 Å². The fourth-order valence-electron chi connectivity index (χ4n) is 12.1.